The van der Waals surface area contributed by atoms with Gasteiger partial charge >= 0.3 is 6.61 Å². The Kier molecular flexibility index (Phi) is 6.36. The average Bonchev–Trinajstić information content (AvgIpc) is 2.58. The van der Waals surface area contributed by atoms with Gasteiger partial charge in [0.15, 0.2) is 0 Å². The second-order valence-corrected chi connectivity index (χ2v) is 7.99. The van der Waals surface area contributed by atoms with Gasteiger partial charge in [0.2, 0.25) is 0 Å². The van der Waals surface area contributed by atoms with E-state index < -0.39 is 6.61 Å². The zero-order chi connectivity index (χ0) is 16.9. The Morgan fingerprint density at radius 1 is 1.00 bits per heavy atom. The fraction of sp³-hybridized carbons (Fsp3) is 0.667. The van der Waals surface area contributed by atoms with Gasteiger partial charge in [0, 0.05) is 37.1 Å². The van der Waals surface area contributed by atoms with Crippen molar-refractivity contribution in [2.24, 2.45) is 5.92 Å². The Hall–Kier alpha value is -0.850. The lowest BCUT2D eigenvalue weighted by molar-refractivity contribution is -0.0498. The number of ether oxygens (including phenoxy) is 1. The van der Waals surface area contributed by atoms with Crippen molar-refractivity contribution in [3.8, 4) is 5.75 Å². The molecule has 1 aromatic carbocycles. The van der Waals surface area contributed by atoms with E-state index in [1.165, 1.54) is 25.7 Å². The lowest BCUT2D eigenvalue weighted by atomic mass is 9.86. The van der Waals surface area contributed by atoms with Crippen molar-refractivity contribution in [2.45, 2.75) is 50.2 Å². The molecule has 1 aliphatic heterocycles. The van der Waals surface area contributed by atoms with Gasteiger partial charge in [-0.25, -0.2) is 4.31 Å². The molecule has 0 atom stereocenters. The van der Waals surface area contributed by atoms with Crippen LogP contribution in [0.15, 0.2) is 29.2 Å². The number of benzene rings is 1. The summed E-state index contributed by atoms with van der Waals surface area (Å²) in [4.78, 5) is 3.72. The smallest absolute Gasteiger partial charge is 0.387 e. The van der Waals surface area contributed by atoms with Crippen LogP contribution in [-0.4, -0.2) is 48.0 Å². The second-order valence-electron chi connectivity index (χ2n) is 6.82. The minimum atomic E-state index is -2.76. The highest BCUT2D eigenvalue weighted by Gasteiger charge is 2.27. The maximum absolute atomic E-state index is 12.2. The molecule has 3 rings (SSSR count). The van der Waals surface area contributed by atoms with Crippen LogP contribution < -0.4 is 4.74 Å². The van der Waals surface area contributed by atoms with Crippen LogP contribution in [0.25, 0.3) is 0 Å². The molecule has 0 N–H and O–H groups in total. The molecule has 0 unspecified atom stereocenters. The summed E-state index contributed by atoms with van der Waals surface area (Å²) in [6.07, 6.45) is 5.43. The Morgan fingerprint density at radius 3 is 2.21 bits per heavy atom. The molecule has 0 bridgehead atoms. The highest BCUT2D eigenvalue weighted by molar-refractivity contribution is 7.97. The fourth-order valence-corrected chi connectivity index (χ4v) is 4.50. The molecule has 24 heavy (non-hydrogen) atoms. The highest BCUT2D eigenvalue weighted by Crippen LogP contribution is 2.30. The van der Waals surface area contributed by atoms with Crippen molar-refractivity contribution < 1.29 is 13.5 Å². The third-order valence-corrected chi connectivity index (χ3v) is 6.16. The monoisotopic (exact) mass is 356 g/mol. The molecular weight excluding hydrogens is 330 g/mol. The molecule has 1 heterocycles. The summed E-state index contributed by atoms with van der Waals surface area (Å²) in [6.45, 7) is 3.94. The van der Waals surface area contributed by atoms with Crippen LogP contribution >= 0.6 is 11.9 Å². The van der Waals surface area contributed by atoms with E-state index in [0.29, 0.717) is 0 Å². The Labute approximate surface area is 147 Å². The summed E-state index contributed by atoms with van der Waals surface area (Å²) >= 11 is 1.70. The largest absolute Gasteiger partial charge is 0.435 e. The molecule has 134 valence electrons. The number of halogens is 2. The van der Waals surface area contributed by atoms with E-state index in [-0.39, 0.29) is 5.75 Å². The number of alkyl halides is 2. The van der Waals surface area contributed by atoms with Gasteiger partial charge in [-0.2, -0.15) is 8.78 Å². The van der Waals surface area contributed by atoms with Crippen LogP contribution in [0.1, 0.15) is 32.6 Å². The van der Waals surface area contributed by atoms with E-state index in [2.05, 4.69) is 20.9 Å². The van der Waals surface area contributed by atoms with Gasteiger partial charge in [0.25, 0.3) is 0 Å². The minimum Gasteiger partial charge on any atom is -0.435 e. The predicted octanol–water partition coefficient (Wildman–Crippen LogP) is 4.49. The highest BCUT2D eigenvalue weighted by atomic mass is 32.2. The van der Waals surface area contributed by atoms with E-state index in [0.717, 1.165) is 43.0 Å². The molecule has 1 aromatic rings. The van der Waals surface area contributed by atoms with Gasteiger partial charge in [0.1, 0.15) is 5.75 Å². The van der Waals surface area contributed by atoms with Crippen LogP contribution in [0, 0.1) is 5.92 Å². The van der Waals surface area contributed by atoms with Gasteiger partial charge in [-0.1, -0.05) is 6.92 Å². The van der Waals surface area contributed by atoms with Crippen LogP contribution in [0.2, 0.25) is 0 Å². The number of hydrogen-bond acceptors (Lipinski definition) is 4. The van der Waals surface area contributed by atoms with Crippen LogP contribution in [-0.2, 0) is 0 Å². The van der Waals surface area contributed by atoms with Crippen molar-refractivity contribution in [3.05, 3.63) is 24.3 Å². The lowest BCUT2D eigenvalue weighted by Gasteiger charge is -2.41. The second kappa shape index (κ2) is 8.50. The molecule has 1 aliphatic carbocycles. The molecule has 0 spiro atoms. The number of hydrogen-bond donors (Lipinski definition) is 0. The van der Waals surface area contributed by atoms with Crippen molar-refractivity contribution in [3.63, 3.8) is 0 Å². The predicted molar refractivity (Wildman–Crippen MR) is 93.5 cm³/mol. The van der Waals surface area contributed by atoms with E-state index in [1.807, 2.05) is 12.1 Å². The molecule has 1 saturated carbocycles. The maximum Gasteiger partial charge on any atom is 0.387 e. The summed E-state index contributed by atoms with van der Waals surface area (Å²) in [5.41, 5.74) is 0. The molecule has 2 aliphatic rings. The minimum absolute atomic E-state index is 0.214. The summed E-state index contributed by atoms with van der Waals surface area (Å²) in [5.74, 6) is 1.11. The number of nitrogens with zero attached hydrogens (tertiary/aromatic N) is 2. The van der Waals surface area contributed by atoms with Gasteiger partial charge in [-0.15, -0.1) is 0 Å². The lowest BCUT2D eigenvalue weighted by Crippen LogP contribution is -2.49. The molecule has 3 nitrogen and oxygen atoms in total. The number of piperazine rings is 1. The van der Waals surface area contributed by atoms with Gasteiger partial charge in [-0.3, -0.25) is 4.90 Å². The molecular formula is C18H26F2N2OS. The third-order valence-electron chi connectivity index (χ3n) is 5.06. The summed E-state index contributed by atoms with van der Waals surface area (Å²) in [6, 6.07) is 7.68. The molecule has 2 fully saturated rings. The van der Waals surface area contributed by atoms with E-state index in [9.17, 15) is 8.78 Å². The Morgan fingerprint density at radius 2 is 1.62 bits per heavy atom. The maximum atomic E-state index is 12.2. The van der Waals surface area contributed by atoms with E-state index in [1.54, 1.807) is 24.1 Å². The van der Waals surface area contributed by atoms with Crippen molar-refractivity contribution in [1.29, 1.82) is 0 Å². The summed E-state index contributed by atoms with van der Waals surface area (Å²) in [7, 11) is 0. The van der Waals surface area contributed by atoms with E-state index in [4.69, 9.17) is 0 Å². The molecule has 0 amide bonds. The van der Waals surface area contributed by atoms with Crippen LogP contribution in [0.5, 0.6) is 5.75 Å². The third kappa shape index (κ3) is 5.07. The first-order chi connectivity index (χ1) is 11.6. The zero-order valence-corrected chi connectivity index (χ0v) is 15.0. The molecule has 0 aromatic heterocycles. The molecule has 1 saturated heterocycles. The fourth-order valence-electron chi connectivity index (χ4n) is 3.60. The molecule has 6 heteroatoms. The normalized spacial score (nSPS) is 26.7. The summed E-state index contributed by atoms with van der Waals surface area (Å²) < 4.78 is 31.1. The van der Waals surface area contributed by atoms with Crippen LogP contribution in [0.3, 0.4) is 0 Å². The standard InChI is InChI=1S/C18H26F2N2OS/c1-14-2-4-15(5-3-14)21-10-12-22(13-11-21)24-17-8-6-16(7-9-17)23-18(19)20/h6-9,14-15,18H,2-5,10-13H2,1H3. The van der Waals surface area contributed by atoms with Gasteiger partial charge in [0.05, 0.1) is 0 Å². The first-order valence-corrected chi connectivity index (χ1v) is 9.59. The summed E-state index contributed by atoms with van der Waals surface area (Å²) in [5, 5.41) is 0. The van der Waals surface area contributed by atoms with E-state index >= 15 is 0 Å². The Bertz CT molecular complexity index is 498. The Balaban J connectivity index is 1.43. The van der Waals surface area contributed by atoms with Crippen molar-refractivity contribution in [1.82, 2.24) is 9.21 Å². The first-order valence-electron chi connectivity index (χ1n) is 8.82. The SMILES string of the molecule is CC1CCC(N2CCN(Sc3ccc(OC(F)F)cc3)CC2)CC1. The zero-order valence-electron chi connectivity index (χ0n) is 14.2. The van der Waals surface area contributed by atoms with Crippen molar-refractivity contribution in [2.75, 3.05) is 26.2 Å². The number of rotatable bonds is 5. The first kappa shape index (κ1) is 18.0. The quantitative estimate of drug-likeness (QED) is 0.722. The topological polar surface area (TPSA) is 15.7 Å². The van der Waals surface area contributed by atoms with Crippen LogP contribution in [0.4, 0.5) is 8.78 Å². The van der Waals surface area contributed by atoms with Gasteiger partial charge < -0.3 is 4.74 Å². The van der Waals surface area contributed by atoms with Gasteiger partial charge in [-0.05, 0) is 67.8 Å². The van der Waals surface area contributed by atoms with Crippen molar-refractivity contribution >= 4 is 11.9 Å². The molecule has 0 radical (unpaired) electrons. The average molecular weight is 356 g/mol.